The lowest BCUT2D eigenvalue weighted by Crippen LogP contribution is -1.98. The number of allylic oxidation sites excluding steroid dienone is 1. The van der Waals surface area contributed by atoms with Gasteiger partial charge in [0, 0.05) is 11.1 Å². The van der Waals surface area contributed by atoms with Crippen molar-refractivity contribution in [3.05, 3.63) is 53.6 Å². The van der Waals surface area contributed by atoms with Gasteiger partial charge in [0.15, 0.2) is 0 Å². The van der Waals surface area contributed by atoms with Crippen molar-refractivity contribution in [3.8, 4) is 6.07 Å². The van der Waals surface area contributed by atoms with E-state index in [-0.39, 0.29) is 5.97 Å². The first-order valence-corrected chi connectivity index (χ1v) is 5.38. The molecule has 94 valence electrons. The summed E-state index contributed by atoms with van der Waals surface area (Å²) in [6, 6.07) is 11.9. The van der Waals surface area contributed by atoms with Gasteiger partial charge < -0.3 is 4.74 Å². The fraction of sp³-hybridized carbons (Fsp3) is 0.200. The van der Waals surface area contributed by atoms with E-state index in [1.165, 1.54) is 7.11 Å². The third-order valence-corrected chi connectivity index (χ3v) is 1.89. The number of ether oxygens (including phenoxy) is 1. The minimum Gasteiger partial charge on any atom is -0.466 e. The Morgan fingerprint density at radius 2 is 1.89 bits per heavy atom. The van der Waals surface area contributed by atoms with Crippen LogP contribution in [-0.4, -0.2) is 13.1 Å². The molecule has 0 bridgehead atoms. The van der Waals surface area contributed by atoms with Gasteiger partial charge in [0.2, 0.25) is 0 Å². The molecule has 0 saturated carbocycles. The van der Waals surface area contributed by atoms with Gasteiger partial charge in [-0.05, 0) is 25.5 Å². The Labute approximate surface area is 108 Å². The molecule has 1 rings (SSSR count). The number of nitriles is 1. The summed E-state index contributed by atoms with van der Waals surface area (Å²) in [6.45, 7) is 6.75. The van der Waals surface area contributed by atoms with E-state index >= 15 is 0 Å². The molecule has 0 fully saturated rings. The summed E-state index contributed by atoms with van der Waals surface area (Å²) in [6.07, 6.45) is 1.86. The first-order valence-electron chi connectivity index (χ1n) is 5.38. The molecule has 3 heteroatoms. The van der Waals surface area contributed by atoms with Crippen molar-refractivity contribution in [1.82, 2.24) is 0 Å². The molecule has 0 N–H and O–H groups in total. The molecule has 18 heavy (non-hydrogen) atoms. The largest absolute Gasteiger partial charge is 0.466 e. The molecule has 0 aliphatic rings. The first kappa shape index (κ1) is 15.7. The zero-order chi connectivity index (χ0) is 14.0. The van der Waals surface area contributed by atoms with E-state index < -0.39 is 0 Å². The van der Waals surface area contributed by atoms with Crippen molar-refractivity contribution in [2.45, 2.75) is 13.8 Å². The molecule has 0 aliphatic heterocycles. The highest BCUT2D eigenvalue weighted by Crippen LogP contribution is 2.04. The van der Waals surface area contributed by atoms with Crippen molar-refractivity contribution in [2.75, 3.05) is 7.11 Å². The second-order valence-corrected chi connectivity index (χ2v) is 3.62. The molecule has 3 nitrogen and oxygen atoms in total. The molecule has 0 amide bonds. The molecule has 0 saturated heterocycles. The summed E-state index contributed by atoms with van der Waals surface area (Å²) in [4.78, 5) is 10.2. The Morgan fingerprint density at radius 1 is 1.33 bits per heavy atom. The number of rotatable bonds is 2. The molecule has 0 atom stereocenters. The van der Waals surface area contributed by atoms with E-state index in [0.29, 0.717) is 5.57 Å². The monoisotopic (exact) mass is 243 g/mol. The SMILES string of the molecule is C/C(C#N)=C/c1ccccc1.C=C(C)C(=O)OC. The van der Waals surface area contributed by atoms with Gasteiger partial charge in [-0.1, -0.05) is 36.9 Å². The summed E-state index contributed by atoms with van der Waals surface area (Å²) in [5.41, 5.74) is 2.24. The lowest BCUT2D eigenvalue weighted by molar-refractivity contribution is -0.136. The number of methoxy groups -OCH3 is 1. The molecular formula is C15H17NO2. The fourth-order valence-corrected chi connectivity index (χ4v) is 1.01. The Morgan fingerprint density at radius 3 is 2.22 bits per heavy atom. The molecule has 0 heterocycles. The zero-order valence-electron chi connectivity index (χ0n) is 10.9. The maximum Gasteiger partial charge on any atom is 0.332 e. The average molecular weight is 243 g/mol. The Balaban J connectivity index is 0.000000360. The van der Waals surface area contributed by atoms with E-state index in [2.05, 4.69) is 17.4 Å². The first-order chi connectivity index (χ1) is 8.51. The molecule has 0 unspecified atom stereocenters. The molecule has 1 aromatic rings. The van der Waals surface area contributed by atoms with Crippen molar-refractivity contribution < 1.29 is 9.53 Å². The van der Waals surface area contributed by atoms with Gasteiger partial charge in [-0.3, -0.25) is 0 Å². The highest BCUT2D eigenvalue weighted by atomic mass is 16.5. The second-order valence-electron chi connectivity index (χ2n) is 3.62. The zero-order valence-corrected chi connectivity index (χ0v) is 10.9. The number of hydrogen-bond donors (Lipinski definition) is 0. The number of esters is 1. The highest BCUT2D eigenvalue weighted by Gasteiger charge is 1.95. The third-order valence-electron chi connectivity index (χ3n) is 1.89. The van der Waals surface area contributed by atoms with E-state index in [1.807, 2.05) is 36.4 Å². The maximum atomic E-state index is 10.2. The standard InChI is InChI=1S/C10H9N.C5H8O2/c1-9(8-11)7-10-5-3-2-4-6-10;1-4(2)5(6)7-3/h2-7H,1H3;1H2,2-3H3/b9-7-;. The van der Waals surface area contributed by atoms with Crippen LogP contribution < -0.4 is 0 Å². The van der Waals surface area contributed by atoms with Gasteiger partial charge in [0.1, 0.15) is 0 Å². The summed E-state index contributed by atoms with van der Waals surface area (Å²) in [5.74, 6) is -0.347. The van der Waals surface area contributed by atoms with Crippen molar-refractivity contribution in [1.29, 1.82) is 5.26 Å². The van der Waals surface area contributed by atoms with Crippen LogP contribution in [0.3, 0.4) is 0 Å². The van der Waals surface area contributed by atoms with Crippen molar-refractivity contribution >= 4 is 12.0 Å². The minimum atomic E-state index is -0.347. The summed E-state index contributed by atoms with van der Waals surface area (Å²) < 4.78 is 4.27. The van der Waals surface area contributed by atoms with Gasteiger partial charge >= 0.3 is 5.97 Å². The number of hydrogen-bond acceptors (Lipinski definition) is 3. The molecule has 0 spiro atoms. The van der Waals surface area contributed by atoms with Crippen molar-refractivity contribution in [2.24, 2.45) is 0 Å². The quantitative estimate of drug-likeness (QED) is 0.454. The van der Waals surface area contributed by atoms with Crippen LogP contribution in [0.4, 0.5) is 0 Å². The van der Waals surface area contributed by atoms with E-state index in [1.54, 1.807) is 13.8 Å². The fourth-order valence-electron chi connectivity index (χ4n) is 1.01. The Hall–Kier alpha value is -2.34. The smallest absolute Gasteiger partial charge is 0.332 e. The second kappa shape index (κ2) is 8.77. The third kappa shape index (κ3) is 7.02. The maximum absolute atomic E-state index is 10.2. The highest BCUT2D eigenvalue weighted by molar-refractivity contribution is 5.86. The van der Waals surface area contributed by atoms with Crippen LogP contribution in [0.2, 0.25) is 0 Å². The van der Waals surface area contributed by atoms with Gasteiger partial charge in [-0.15, -0.1) is 0 Å². The van der Waals surface area contributed by atoms with Crippen molar-refractivity contribution in [3.63, 3.8) is 0 Å². The summed E-state index contributed by atoms with van der Waals surface area (Å²) >= 11 is 0. The van der Waals surface area contributed by atoms with Crippen LogP contribution in [-0.2, 0) is 9.53 Å². The van der Waals surface area contributed by atoms with Crippen LogP contribution in [0.1, 0.15) is 19.4 Å². The summed E-state index contributed by atoms with van der Waals surface area (Å²) in [5, 5.41) is 8.48. The van der Waals surface area contributed by atoms with E-state index in [4.69, 9.17) is 5.26 Å². The van der Waals surface area contributed by atoms with Gasteiger partial charge in [0.25, 0.3) is 0 Å². The van der Waals surface area contributed by atoms with Crippen LogP contribution >= 0.6 is 0 Å². The molecule has 1 aromatic carbocycles. The van der Waals surface area contributed by atoms with Crippen LogP contribution in [0.25, 0.3) is 6.08 Å². The molecule has 0 radical (unpaired) electrons. The van der Waals surface area contributed by atoms with Crippen LogP contribution in [0.15, 0.2) is 48.1 Å². The number of carbonyl (C=O) groups is 1. The minimum absolute atomic E-state index is 0.347. The Kier molecular flexibility index (Phi) is 7.63. The normalized spacial score (nSPS) is 9.56. The molecule has 0 aromatic heterocycles. The topological polar surface area (TPSA) is 50.1 Å². The number of benzene rings is 1. The lowest BCUT2D eigenvalue weighted by atomic mass is 10.1. The predicted octanol–water partition coefficient (Wildman–Crippen LogP) is 3.35. The Bertz CT molecular complexity index is 467. The lowest BCUT2D eigenvalue weighted by Gasteiger charge is -1.91. The number of carbonyl (C=O) groups excluding carboxylic acids is 1. The molecular weight excluding hydrogens is 226 g/mol. The van der Waals surface area contributed by atoms with Crippen LogP contribution in [0, 0.1) is 11.3 Å². The van der Waals surface area contributed by atoms with Crippen LogP contribution in [0.5, 0.6) is 0 Å². The molecule has 0 aliphatic carbocycles. The van der Waals surface area contributed by atoms with Gasteiger partial charge in [-0.2, -0.15) is 5.26 Å². The average Bonchev–Trinajstić information content (AvgIpc) is 2.39. The number of nitrogens with zero attached hydrogens (tertiary/aromatic N) is 1. The van der Waals surface area contributed by atoms with E-state index in [9.17, 15) is 4.79 Å². The van der Waals surface area contributed by atoms with Gasteiger partial charge in [0.05, 0.1) is 13.2 Å². The van der Waals surface area contributed by atoms with E-state index in [0.717, 1.165) is 11.1 Å². The summed E-state index contributed by atoms with van der Waals surface area (Å²) in [7, 11) is 1.33. The van der Waals surface area contributed by atoms with Gasteiger partial charge in [-0.25, -0.2) is 4.79 Å². The predicted molar refractivity (Wildman–Crippen MR) is 72.5 cm³/mol.